The van der Waals surface area contributed by atoms with Gasteiger partial charge >= 0.3 is 5.97 Å². The quantitative estimate of drug-likeness (QED) is 0.531. The zero-order valence-electron chi connectivity index (χ0n) is 11.4. The van der Waals surface area contributed by atoms with Gasteiger partial charge in [0, 0.05) is 10.9 Å². The monoisotopic (exact) mass is 315 g/mol. The molecule has 0 unspecified atom stereocenters. The zero-order chi connectivity index (χ0) is 15.5. The first kappa shape index (κ1) is 14.5. The average Bonchev–Trinajstić information content (AvgIpc) is 2.53. The fourth-order valence-corrected chi connectivity index (χ4v) is 2.35. The number of nitrogens with zero attached hydrogens (tertiary/aromatic N) is 1. The average molecular weight is 316 g/mol. The molecular formula is C17H11ClFNO2. The molecule has 5 heteroatoms. The Morgan fingerprint density at radius 3 is 2.68 bits per heavy atom. The molecule has 3 rings (SSSR count). The minimum Gasteiger partial charge on any atom is -0.457 e. The molecule has 0 aliphatic rings. The number of fused-ring (bicyclic) bond motifs is 1. The van der Waals surface area contributed by atoms with Crippen LogP contribution in [0.5, 0.6) is 0 Å². The lowest BCUT2D eigenvalue weighted by Crippen LogP contribution is -2.07. The molecule has 0 saturated carbocycles. The first-order chi connectivity index (χ1) is 10.6. The molecule has 0 saturated heterocycles. The van der Waals surface area contributed by atoms with Gasteiger partial charge in [-0.2, -0.15) is 0 Å². The third-order valence-electron chi connectivity index (χ3n) is 3.22. The van der Waals surface area contributed by atoms with Crippen LogP contribution in [0.15, 0.2) is 54.6 Å². The highest BCUT2D eigenvalue weighted by Crippen LogP contribution is 2.22. The van der Waals surface area contributed by atoms with Crippen molar-refractivity contribution in [2.75, 3.05) is 0 Å². The lowest BCUT2D eigenvalue weighted by atomic mass is 10.1. The molecular weight excluding hydrogens is 305 g/mol. The predicted molar refractivity (Wildman–Crippen MR) is 82.3 cm³/mol. The number of aromatic nitrogens is 1. The van der Waals surface area contributed by atoms with Gasteiger partial charge in [-0.25, -0.2) is 14.2 Å². The maximum atomic E-state index is 13.5. The molecule has 0 radical (unpaired) electrons. The van der Waals surface area contributed by atoms with Crippen LogP contribution in [-0.2, 0) is 11.3 Å². The fourth-order valence-electron chi connectivity index (χ4n) is 2.15. The van der Waals surface area contributed by atoms with E-state index in [4.69, 9.17) is 16.3 Å². The van der Waals surface area contributed by atoms with Crippen molar-refractivity contribution in [2.45, 2.75) is 6.61 Å². The van der Waals surface area contributed by atoms with Gasteiger partial charge in [-0.3, -0.25) is 0 Å². The van der Waals surface area contributed by atoms with Gasteiger partial charge in [0.25, 0.3) is 0 Å². The van der Waals surface area contributed by atoms with Crippen molar-refractivity contribution in [3.8, 4) is 0 Å². The molecule has 0 aliphatic carbocycles. The number of esters is 1. The number of pyridine rings is 1. The highest BCUT2D eigenvalue weighted by atomic mass is 35.5. The highest BCUT2D eigenvalue weighted by Gasteiger charge is 2.14. The second-order valence-electron chi connectivity index (χ2n) is 4.68. The van der Waals surface area contributed by atoms with E-state index in [0.29, 0.717) is 22.0 Å². The van der Waals surface area contributed by atoms with E-state index >= 15 is 0 Å². The summed E-state index contributed by atoms with van der Waals surface area (Å²) in [5.41, 5.74) is 1.24. The number of para-hydroxylation sites is 1. The molecule has 0 N–H and O–H groups in total. The van der Waals surface area contributed by atoms with E-state index in [0.717, 1.165) is 0 Å². The van der Waals surface area contributed by atoms with E-state index in [-0.39, 0.29) is 11.8 Å². The number of halogens is 2. The number of ether oxygens (including phenoxy) is 1. The summed E-state index contributed by atoms with van der Waals surface area (Å²) in [6.07, 6.45) is 0. The third-order valence-corrected chi connectivity index (χ3v) is 3.42. The van der Waals surface area contributed by atoms with E-state index in [1.54, 1.807) is 42.5 Å². The highest BCUT2D eigenvalue weighted by molar-refractivity contribution is 6.30. The normalized spacial score (nSPS) is 10.6. The second kappa shape index (κ2) is 6.12. The Hall–Kier alpha value is -2.46. The van der Waals surface area contributed by atoms with Gasteiger partial charge in [-0.1, -0.05) is 48.0 Å². The Morgan fingerprint density at radius 2 is 1.86 bits per heavy atom. The van der Waals surface area contributed by atoms with E-state index in [1.165, 1.54) is 12.1 Å². The Labute approximate surface area is 131 Å². The molecule has 1 heterocycles. The third kappa shape index (κ3) is 2.92. The summed E-state index contributed by atoms with van der Waals surface area (Å²) < 4.78 is 18.7. The minimum atomic E-state index is -0.566. The van der Waals surface area contributed by atoms with Crippen LogP contribution in [0.2, 0.25) is 5.15 Å². The van der Waals surface area contributed by atoms with Crippen LogP contribution in [0.1, 0.15) is 15.9 Å². The largest absolute Gasteiger partial charge is 0.457 e. The van der Waals surface area contributed by atoms with E-state index < -0.39 is 11.8 Å². The number of carbonyl (C=O) groups is 1. The van der Waals surface area contributed by atoms with Crippen LogP contribution in [0, 0.1) is 5.82 Å². The molecule has 110 valence electrons. The van der Waals surface area contributed by atoms with Crippen molar-refractivity contribution < 1.29 is 13.9 Å². The van der Waals surface area contributed by atoms with Gasteiger partial charge in [-0.05, 0) is 18.2 Å². The topological polar surface area (TPSA) is 39.2 Å². The van der Waals surface area contributed by atoms with Gasteiger partial charge in [0.15, 0.2) is 0 Å². The second-order valence-corrected chi connectivity index (χ2v) is 5.06. The van der Waals surface area contributed by atoms with Crippen molar-refractivity contribution in [1.29, 1.82) is 0 Å². The lowest BCUT2D eigenvalue weighted by molar-refractivity contribution is 0.0471. The summed E-state index contributed by atoms with van der Waals surface area (Å²) in [6, 6.07) is 14.7. The summed E-state index contributed by atoms with van der Waals surface area (Å²) in [5.74, 6) is -0.975. The van der Waals surface area contributed by atoms with Crippen LogP contribution in [-0.4, -0.2) is 11.0 Å². The standard InChI is InChI=1S/C17H11ClFNO2/c18-16-9-13(12-6-2-4-8-15(12)20-16)17(21)22-10-11-5-1-3-7-14(11)19/h1-9H,10H2. The van der Waals surface area contributed by atoms with Gasteiger partial charge in [0.05, 0.1) is 11.1 Å². The summed E-state index contributed by atoms with van der Waals surface area (Å²) in [6.45, 7) is -0.139. The number of benzene rings is 2. The fraction of sp³-hybridized carbons (Fsp3) is 0.0588. The lowest BCUT2D eigenvalue weighted by Gasteiger charge is -2.08. The Morgan fingerprint density at radius 1 is 1.14 bits per heavy atom. The number of hydrogen-bond donors (Lipinski definition) is 0. The molecule has 0 spiro atoms. The molecule has 3 nitrogen and oxygen atoms in total. The van der Waals surface area contributed by atoms with Crippen molar-refractivity contribution in [3.05, 3.63) is 76.7 Å². The van der Waals surface area contributed by atoms with Crippen molar-refractivity contribution in [2.24, 2.45) is 0 Å². The van der Waals surface area contributed by atoms with Crippen molar-refractivity contribution in [3.63, 3.8) is 0 Å². The van der Waals surface area contributed by atoms with Crippen LogP contribution in [0.4, 0.5) is 4.39 Å². The summed E-state index contributed by atoms with van der Waals surface area (Å²) in [5, 5.41) is 0.849. The molecule has 0 fully saturated rings. The maximum absolute atomic E-state index is 13.5. The van der Waals surface area contributed by atoms with E-state index in [9.17, 15) is 9.18 Å². The number of hydrogen-bond acceptors (Lipinski definition) is 3. The zero-order valence-corrected chi connectivity index (χ0v) is 12.2. The summed E-state index contributed by atoms with van der Waals surface area (Å²) in [7, 11) is 0. The van der Waals surface area contributed by atoms with Crippen LogP contribution in [0.3, 0.4) is 0 Å². The number of rotatable bonds is 3. The van der Waals surface area contributed by atoms with Gasteiger partial charge in [0.1, 0.15) is 17.6 Å². The van der Waals surface area contributed by atoms with Gasteiger partial charge in [-0.15, -0.1) is 0 Å². The predicted octanol–water partition coefficient (Wildman–Crippen LogP) is 4.38. The molecule has 0 bridgehead atoms. The van der Waals surface area contributed by atoms with E-state index in [2.05, 4.69) is 4.98 Å². The SMILES string of the molecule is O=C(OCc1ccccc1F)c1cc(Cl)nc2ccccc12. The summed E-state index contributed by atoms with van der Waals surface area (Å²) in [4.78, 5) is 16.4. The Kier molecular flexibility index (Phi) is 4.02. The smallest absolute Gasteiger partial charge is 0.339 e. The summed E-state index contributed by atoms with van der Waals surface area (Å²) >= 11 is 5.93. The Bertz CT molecular complexity index is 851. The first-order valence-corrected chi connectivity index (χ1v) is 6.99. The van der Waals surface area contributed by atoms with Crippen LogP contribution in [0.25, 0.3) is 10.9 Å². The molecule has 0 amide bonds. The van der Waals surface area contributed by atoms with Gasteiger partial charge in [0.2, 0.25) is 0 Å². The van der Waals surface area contributed by atoms with Crippen LogP contribution >= 0.6 is 11.6 Å². The molecule has 1 aromatic heterocycles. The van der Waals surface area contributed by atoms with Crippen LogP contribution < -0.4 is 0 Å². The van der Waals surface area contributed by atoms with Crippen molar-refractivity contribution in [1.82, 2.24) is 4.98 Å². The minimum absolute atomic E-state index is 0.139. The molecule has 0 aliphatic heterocycles. The number of carbonyl (C=O) groups excluding carboxylic acids is 1. The Balaban J connectivity index is 1.88. The molecule has 22 heavy (non-hydrogen) atoms. The van der Waals surface area contributed by atoms with Crippen molar-refractivity contribution >= 4 is 28.5 Å². The first-order valence-electron chi connectivity index (χ1n) is 6.61. The molecule has 3 aromatic rings. The van der Waals surface area contributed by atoms with Gasteiger partial charge < -0.3 is 4.74 Å². The van der Waals surface area contributed by atoms with E-state index in [1.807, 2.05) is 0 Å². The molecule has 2 aromatic carbocycles. The molecule has 0 atom stereocenters. The maximum Gasteiger partial charge on any atom is 0.339 e.